The Hall–Kier alpha value is -3.02. The van der Waals surface area contributed by atoms with Crippen LogP contribution in [0.1, 0.15) is 25.2 Å². The van der Waals surface area contributed by atoms with Gasteiger partial charge in [0, 0.05) is 17.6 Å². The second-order valence-corrected chi connectivity index (χ2v) is 8.91. The normalized spacial score (nSPS) is 11.2. The summed E-state index contributed by atoms with van der Waals surface area (Å²) in [5.74, 6) is 1.18. The van der Waals surface area contributed by atoms with Crippen molar-refractivity contribution in [1.29, 1.82) is 0 Å². The zero-order chi connectivity index (χ0) is 23.4. The summed E-state index contributed by atoms with van der Waals surface area (Å²) in [5.41, 5.74) is 2.79. The summed E-state index contributed by atoms with van der Waals surface area (Å²) in [5, 5.41) is 0.965. The van der Waals surface area contributed by atoms with Crippen molar-refractivity contribution in [3.63, 3.8) is 0 Å². The zero-order valence-electron chi connectivity index (χ0n) is 18.5. The molecular formula is C26H25Cl2N3O2. The quantitative estimate of drug-likeness (QED) is 0.294. The van der Waals surface area contributed by atoms with Gasteiger partial charge in [-0.2, -0.15) is 0 Å². The average molecular weight is 482 g/mol. The minimum atomic E-state index is 0.0165. The van der Waals surface area contributed by atoms with Gasteiger partial charge in [-0.25, -0.2) is 4.98 Å². The molecule has 0 radical (unpaired) electrons. The average Bonchev–Trinajstić information content (AvgIpc) is 3.14. The molecule has 4 aromatic rings. The Kier molecular flexibility index (Phi) is 7.21. The Morgan fingerprint density at radius 3 is 2.48 bits per heavy atom. The van der Waals surface area contributed by atoms with E-state index in [-0.39, 0.29) is 25.1 Å². The number of benzene rings is 3. The summed E-state index contributed by atoms with van der Waals surface area (Å²) in [7, 11) is 0. The molecule has 0 N–H and O–H groups in total. The minimum absolute atomic E-state index is 0.0165. The number of halogens is 2. The van der Waals surface area contributed by atoms with Gasteiger partial charge in [0.15, 0.2) is 0 Å². The number of imidazole rings is 1. The second kappa shape index (κ2) is 10.3. The van der Waals surface area contributed by atoms with Crippen molar-refractivity contribution in [1.82, 2.24) is 14.5 Å². The van der Waals surface area contributed by atoms with Crippen LogP contribution in [0.4, 0.5) is 0 Å². The minimum Gasteiger partial charge on any atom is -0.484 e. The topological polar surface area (TPSA) is 47.4 Å². The summed E-state index contributed by atoms with van der Waals surface area (Å²) in [6.45, 7) is 4.94. The number of ether oxygens (including phenoxy) is 1. The lowest BCUT2D eigenvalue weighted by Gasteiger charge is -2.27. The maximum absolute atomic E-state index is 13.4. The molecule has 0 aliphatic carbocycles. The number of para-hydroxylation sites is 2. The van der Waals surface area contributed by atoms with Crippen LogP contribution in [-0.2, 0) is 24.5 Å². The maximum atomic E-state index is 13.4. The van der Waals surface area contributed by atoms with Gasteiger partial charge in [0.25, 0.3) is 0 Å². The second-order valence-electron chi connectivity index (χ2n) is 8.07. The molecule has 1 amide bonds. The van der Waals surface area contributed by atoms with Crippen LogP contribution in [-0.4, -0.2) is 26.4 Å². The molecular weight excluding hydrogens is 457 g/mol. The molecule has 0 saturated carbocycles. The Balaban J connectivity index is 1.59. The van der Waals surface area contributed by atoms with E-state index >= 15 is 0 Å². The summed E-state index contributed by atoms with van der Waals surface area (Å²) >= 11 is 12.2. The zero-order valence-corrected chi connectivity index (χ0v) is 20.1. The Labute approximate surface area is 203 Å². The van der Waals surface area contributed by atoms with Crippen molar-refractivity contribution >= 4 is 40.1 Å². The Morgan fingerprint density at radius 1 is 1.03 bits per heavy atom. The van der Waals surface area contributed by atoms with Crippen LogP contribution in [0.15, 0.2) is 72.8 Å². The van der Waals surface area contributed by atoms with Gasteiger partial charge in [-0.1, -0.05) is 65.7 Å². The van der Waals surface area contributed by atoms with E-state index in [9.17, 15) is 4.79 Å². The van der Waals surface area contributed by atoms with E-state index < -0.39 is 0 Å². The van der Waals surface area contributed by atoms with E-state index in [0.29, 0.717) is 28.2 Å². The first kappa shape index (κ1) is 23.1. The molecule has 0 atom stereocenters. The van der Waals surface area contributed by atoms with Crippen LogP contribution in [0.25, 0.3) is 11.0 Å². The van der Waals surface area contributed by atoms with Crippen molar-refractivity contribution in [3.8, 4) is 5.75 Å². The lowest BCUT2D eigenvalue weighted by Crippen LogP contribution is -2.38. The van der Waals surface area contributed by atoms with Gasteiger partial charge in [-0.3, -0.25) is 4.79 Å². The van der Waals surface area contributed by atoms with Gasteiger partial charge in [-0.05, 0) is 49.7 Å². The lowest BCUT2D eigenvalue weighted by atomic mass is 10.2. The van der Waals surface area contributed by atoms with Crippen LogP contribution in [0.5, 0.6) is 5.75 Å². The Bertz CT molecular complexity index is 1260. The van der Waals surface area contributed by atoms with Gasteiger partial charge in [0.1, 0.15) is 24.7 Å². The standard InChI is InChI=1S/C26H25Cl2N3O2/c1-18(2)30(15-19-8-4-3-5-9-19)26(32)16-31-23-11-7-6-10-22(23)29-25(31)17-33-24-13-12-20(27)14-21(24)28/h3-14,18H,15-17H2,1-2H3. The highest BCUT2D eigenvalue weighted by molar-refractivity contribution is 6.35. The van der Waals surface area contributed by atoms with Crippen LogP contribution >= 0.6 is 23.2 Å². The molecule has 33 heavy (non-hydrogen) atoms. The Morgan fingerprint density at radius 2 is 1.76 bits per heavy atom. The van der Waals surface area contributed by atoms with E-state index in [1.54, 1.807) is 18.2 Å². The number of fused-ring (bicyclic) bond motifs is 1. The van der Waals surface area contributed by atoms with Gasteiger partial charge >= 0.3 is 0 Å². The summed E-state index contributed by atoms with van der Waals surface area (Å²) < 4.78 is 7.85. The number of rotatable bonds is 8. The molecule has 0 saturated heterocycles. The number of hydrogen-bond acceptors (Lipinski definition) is 3. The van der Waals surface area contributed by atoms with Crippen LogP contribution in [0.2, 0.25) is 10.0 Å². The molecule has 0 aliphatic heterocycles. The molecule has 170 valence electrons. The summed E-state index contributed by atoms with van der Waals surface area (Å²) in [6.07, 6.45) is 0. The molecule has 1 aromatic heterocycles. The number of nitrogens with zero attached hydrogens (tertiary/aromatic N) is 3. The molecule has 3 aromatic carbocycles. The summed E-state index contributed by atoms with van der Waals surface area (Å²) in [4.78, 5) is 20.0. The number of amides is 1. The molecule has 1 heterocycles. The summed E-state index contributed by atoms with van der Waals surface area (Å²) in [6, 6.07) is 22.9. The number of carbonyl (C=O) groups excluding carboxylic acids is 1. The van der Waals surface area contributed by atoms with E-state index in [0.717, 1.165) is 16.6 Å². The van der Waals surface area contributed by atoms with Crippen LogP contribution in [0.3, 0.4) is 0 Å². The third-order valence-electron chi connectivity index (χ3n) is 5.42. The molecule has 0 unspecified atom stereocenters. The number of hydrogen-bond donors (Lipinski definition) is 0. The predicted octanol–water partition coefficient (Wildman–Crippen LogP) is 6.36. The molecule has 5 nitrogen and oxygen atoms in total. The third kappa shape index (κ3) is 5.49. The highest BCUT2D eigenvalue weighted by Crippen LogP contribution is 2.28. The first-order valence-electron chi connectivity index (χ1n) is 10.8. The highest BCUT2D eigenvalue weighted by Gasteiger charge is 2.21. The molecule has 0 bridgehead atoms. The van der Waals surface area contributed by atoms with Crippen molar-refractivity contribution in [3.05, 3.63) is 94.2 Å². The first-order chi connectivity index (χ1) is 15.9. The largest absolute Gasteiger partial charge is 0.484 e. The van der Waals surface area contributed by atoms with Gasteiger partial charge in [0.05, 0.1) is 16.1 Å². The predicted molar refractivity (Wildman–Crippen MR) is 133 cm³/mol. The van der Waals surface area contributed by atoms with Crippen LogP contribution in [0, 0.1) is 0 Å². The van der Waals surface area contributed by atoms with Crippen molar-refractivity contribution < 1.29 is 9.53 Å². The molecule has 0 fully saturated rings. The fraction of sp³-hybridized carbons (Fsp3) is 0.231. The van der Waals surface area contributed by atoms with Crippen molar-refractivity contribution in [2.45, 2.75) is 39.6 Å². The van der Waals surface area contributed by atoms with E-state index in [1.807, 2.05) is 77.9 Å². The number of carbonyl (C=O) groups is 1. The fourth-order valence-electron chi connectivity index (χ4n) is 3.71. The molecule has 0 aliphatic rings. The lowest BCUT2D eigenvalue weighted by molar-refractivity contribution is -0.134. The first-order valence-corrected chi connectivity index (χ1v) is 11.5. The van der Waals surface area contributed by atoms with Gasteiger partial charge < -0.3 is 14.2 Å². The van der Waals surface area contributed by atoms with E-state index in [2.05, 4.69) is 0 Å². The van der Waals surface area contributed by atoms with Gasteiger partial charge in [-0.15, -0.1) is 0 Å². The van der Waals surface area contributed by atoms with Crippen molar-refractivity contribution in [2.24, 2.45) is 0 Å². The maximum Gasteiger partial charge on any atom is 0.243 e. The molecule has 4 rings (SSSR count). The fourth-order valence-corrected chi connectivity index (χ4v) is 4.17. The highest BCUT2D eigenvalue weighted by atomic mass is 35.5. The number of aromatic nitrogens is 2. The van der Waals surface area contributed by atoms with Gasteiger partial charge in [0.2, 0.25) is 5.91 Å². The monoisotopic (exact) mass is 481 g/mol. The SMILES string of the molecule is CC(C)N(Cc1ccccc1)C(=O)Cn1c(COc2ccc(Cl)cc2Cl)nc2ccccc21. The molecule has 7 heteroatoms. The van der Waals surface area contributed by atoms with Crippen molar-refractivity contribution in [2.75, 3.05) is 0 Å². The third-order valence-corrected chi connectivity index (χ3v) is 5.95. The van der Waals surface area contributed by atoms with Crippen LogP contribution < -0.4 is 4.74 Å². The van der Waals surface area contributed by atoms with E-state index in [4.69, 9.17) is 32.9 Å². The van der Waals surface area contributed by atoms with E-state index in [1.165, 1.54) is 0 Å². The molecule has 0 spiro atoms. The smallest absolute Gasteiger partial charge is 0.243 e.